The SMILES string of the molecule is C/C(=C/CB1N(C)CCN1C)[CH2][Sn]([CH3])([CH3])[CH3]. The Morgan fingerprint density at radius 2 is 1.69 bits per heavy atom. The number of likely N-dealkylation sites (N-methyl/N-ethyl adjacent to an activating group) is 2. The maximum atomic E-state index is 2.51. The van der Waals surface area contributed by atoms with Crippen molar-refractivity contribution < 1.29 is 0 Å². The number of hydrogen-bond acceptors (Lipinski definition) is 2. The van der Waals surface area contributed by atoms with Crippen LogP contribution in [0.25, 0.3) is 0 Å². The van der Waals surface area contributed by atoms with Gasteiger partial charge in [-0.25, -0.2) is 0 Å². The van der Waals surface area contributed by atoms with Gasteiger partial charge >= 0.3 is 106 Å². The third kappa shape index (κ3) is 4.80. The van der Waals surface area contributed by atoms with Gasteiger partial charge in [-0.15, -0.1) is 0 Å². The summed E-state index contributed by atoms with van der Waals surface area (Å²) in [6, 6.07) is 0. The van der Waals surface area contributed by atoms with Crippen LogP contribution in [0.4, 0.5) is 0 Å². The quantitative estimate of drug-likeness (QED) is 0.578. The maximum absolute atomic E-state index is 2.51. The van der Waals surface area contributed by atoms with Gasteiger partial charge in [0, 0.05) is 0 Å². The van der Waals surface area contributed by atoms with Gasteiger partial charge in [0.15, 0.2) is 0 Å². The van der Waals surface area contributed by atoms with E-state index in [1.807, 2.05) is 0 Å². The fraction of sp³-hybridized carbons (Fsp3) is 0.833. The molecular formula is C12H27BN2Sn. The Labute approximate surface area is 106 Å². The third-order valence-electron chi connectivity index (χ3n) is 3.31. The summed E-state index contributed by atoms with van der Waals surface area (Å²) in [5, 5.41) is 0. The fourth-order valence-electron chi connectivity index (χ4n) is 2.53. The van der Waals surface area contributed by atoms with Crippen molar-refractivity contribution in [2.24, 2.45) is 0 Å². The summed E-state index contributed by atoms with van der Waals surface area (Å²) in [4.78, 5) is 12.5. The number of rotatable bonds is 4. The van der Waals surface area contributed by atoms with Crippen LogP contribution in [0.2, 0.25) is 25.6 Å². The number of hydrogen-bond donors (Lipinski definition) is 0. The summed E-state index contributed by atoms with van der Waals surface area (Å²) >= 11 is -1.61. The second kappa shape index (κ2) is 5.92. The summed E-state index contributed by atoms with van der Waals surface area (Å²) < 4.78 is 1.41. The summed E-state index contributed by atoms with van der Waals surface area (Å²) in [6.45, 7) is 5.38. The molecule has 1 heterocycles. The minimum absolute atomic E-state index is 0.630. The molecule has 1 aliphatic heterocycles. The van der Waals surface area contributed by atoms with Gasteiger partial charge in [0.05, 0.1) is 0 Å². The van der Waals surface area contributed by atoms with Crippen molar-refractivity contribution in [3.8, 4) is 0 Å². The van der Waals surface area contributed by atoms with E-state index in [0.717, 1.165) is 0 Å². The van der Waals surface area contributed by atoms with Crippen molar-refractivity contribution in [3.05, 3.63) is 11.6 Å². The van der Waals surface area contributed by atoms with Gasteiger partial charge in [-0.1, -0.05) is 0 Å². The van der Waals surface area contributed by atoms with Gasteiger partial charge < -0.3 is 0 Å². The third-order valence-corrected chi connectivity index (χ3v) is 7.93. The van der Waals surface area contributed by atoms with Crippen LogP contribution in [-0.2, 0) is 0 Å². The Morgan fingerprint density at radius 3 is 2.12 bits per heavy atom. The van der Waals surface area contributed by atoms with E-state index in [-0.39, 0.29) is 0 Å². The Hall–Kier alpha value is 0.524. The van der Waals surface area contributed by atoms with Crippen LogP contribution in [-0.4, -0.2) is 62.2 Å². The van der Waals surface area contributed by atoms with E-state index in [9.17, 15) is 0 Å². The van der Waals surface area contributed by atoms with Crippen molar-refractivity contribution in [1.29, 1.82) is 0 Å². The Balaban J connectivity index is 2.46. The van der Waals surface area contributed by atoms with Gasteiger partial charge in [0.1, 0.15) is 0 Å². The molecule has 0 radical (unpaired) electrons. The molecule has 0 N–H and O–H groups in total. The number of nitrogens with zero attached hydrogens (tertiary/aromatic N) is 2. The minimum atomic E-state index is -1.61. The molecule has 1 aliphatic rings. The second-order valence-electron chi connectivity index (χ2n) is 6.47. The molecule has 0 amide bonds. The molecule has 4 heteroatoms. The Kier molecular flexibility index (Phi) is 5.39. The average Bonchev–Trinajstić information content (AvgIpc) is 2.41. The molecule has 0 bridgehead atoms. The van der Waals surface area contributed by atoms with Crippen LogP contribution in [0.3, 0.4) is 0 Å². The van der Waals surface area contributed by atoms with Gasteiger partial charge in [-0.3, -0.25) is 0 Å². The van der Waals surface area contributed by atoms with Crippen LogP contribution < -0.4 is 0 Å². The second-order valence-corrected chi connectivity index (χ2v) is 22.1. The first kappa shape index (κ1) is 14.6. The molecule has 0 saturated carbocycles. The molecule has 0 unspecified atom stereocenters. The molecular weight excluding hydrogens is 302 g/mol. The van der Waals surface area contributed by atoms with Gasteiger partial charge in [-0.2, -0.15) is 0 Å². The van der Waals surface area contributed by atoms with E-state index >= 15 is 0 Å². The van der Waals surface area contributed by atoms with Crippen LogP contribution in [0, 0.1) is 0 Å². The van der Waals surface area contributed by atoms with Crippen molar-refractivity contribution in [2.75, 3.05) is 27.2 Å². The van der Waals surface area contributed by atoms with Gasteiger partial charge in [-0.05, 0) is 0 Å². The molecule has 0 aromatic carbocycles. The van der Waals surface area contributed by atoms with Crippen molar-refractivity contribution in [2.45, 2.75) is 32.5 Å². The van der Waals surface area contributed by atoms with E-state index in [0.29, 0.717) is 6.98 Å². The van der Waals surface area contributed by atoms with Crippen LogP contribution in [0.1, 0.15) is 6.92 Å². The summed E-state index contributed by atoms with van der Waals surface area (Å²) in [5.74, 6) is 0. The molecule has 92 valence electrons. The van der Waals surface area contributed by atoms with Crippen molar-refractivity contribution in [3.63, 3.8) is 0 Å². The zero-order chi connectivity index (χ0) is 12.3. The van der Waals surface area contributed by atoms with Crippen LogP contribution in [0.5, 0.6) is 0 Å². The standard InChI is InChI=1S/C9H18BN2.3CH3.Sn/c1-9(2)5-6-10-11(3)7-8-12(10)4;;;;/h5H,1,6-8H2,2-4H3;3*1H3;/b9-5+;;;;. The summed E-state index contributed by atoms with van der Waals surface area (Å²) in [6.07, 6.45) is 3.67. The van der Waals surface area contributed by atoms with Gasteiger partial charge in [0.2, 0.25) is 0 Å². The summed E-state index contributed by atoms with van der Waals surface area (Å²) in [5.41, 5.74) is 1.62. The predicted octanol–water partition coefficient (Wildman–Crippen LogP) is 2.64. The van der Waals surface area contributed by atoms with E-state index < -0.39 is 18.4 Å². The molecule has 1 saturated heterocycles. The zero-order valence-corrected chi connectivity index (χ0v) is 14.7. The first-order valence-corrected chi connectivity index (χ1v) is 16.9. The first-order chi connectivity index (χ1) is 7.29. The average molecular weight is 329 g/mol. The predicted molar refractivity (Wildman–Crippen MR) is 77.7 cm³/mol. The van der Waals surface area contributed by atoms with Crippen molar-refractivity contribution >= 4 is 25.4 Å². The van der Waals surface area contributed by atoms with Crippen molar-refractivity contribution in [1.82, 2.24) is 9.62 Å². The summed E-state index contributed by atoms with van der Waals surface area (Å²) in [7, 11) is 4.47. The molecule has 1 rings (SSSR count). The monoisotopic (exact) mass is 330 g/mol. The first-order valence-electron chi connectivity index (χ1n) is 6.36. The molecule has 0 aromatic heterocycles. The van der Waals surface area contributed by atoms with E-state index in [4.69, 9.17) is 0 Å². The topological polar surface area (TPSA) is 6.48 Å². The van der Waals surface area contributed by atoms with E-state index in [2.05, 4.69) is 51.5 Å². The fourth-order valence-corrected chi connectivity index (χ4v) is 7.71. The molecule has 2 nitrogen and oxygen atoms in total. The van der Waals surface area contributed by atoms with Gasteiger partial charge in [0.25, 0.3) is 0 Å². The van der Waals surface area contributed by atoms with Crippen LogP contribution >= 0.6 is 0 Å². The molecule has 1 fully saturated rings. The molecule has 0 aromatic rings. The zero-order valence-electron chi connectivity index (χ0n) is 11.9. The molecule has 0 spiro atoms. The Morgan fingerprint density at radius 1 is 1.19 bits per heavy atom. The van der Waals surface area contributed by atoms with E-state index in [1.54, 1.807) is 5.57 Å². The van der Waals surface area contributed by atoms with E-state index in [1.165, 1.54) is 23.8 Å². The normalized spacial score (nSPS) is 20.9. The molecule has 16 heavy (non-hydrogen) atoms. The van der Waals surface area contributed by atoms with Crippen LogP contribution in [0.15, 0.2) is 11.6 Å². The number of allylic oxidation sites excluding steroid dienone is 2. The molecule has 0 aliphatic carbocycles. The molecule has 0 atom stereocenters. The Bertz CT molecular complexity index is 250.